The number of amides is 1. The molecule has 262 valence electrons. The zero-order valence-electron chi connectivity index (χ0n) is 25.8. The van der Waals surface area contributed by atoms with Crippen LogP contribution in [0.5, 0.6) is 0 Å². The van der Waals surface area contributed by atoms with Crippen LogP contribution in [-0.4, -0.2) is 159 Å². The molecule has 3 heterocycles. The Labute approximate surface area is 270 Å². The fraction of sp³-hybridized carbons (Fsp3) is 0.645. The molecule has 3 aliphatic heterocycles. The van der Waals surface area contributed by atoms with Crippen molar-refractivity contribution in [1.82, 2.24) is 5.32 Å². The Morgan fingerprint density at radius 2 is 1.32 bits per heavy atom. The van der Waals surface area contributed by atoms with Gasteiger partial charge in [-0.1, -0.05) is 30.3 Å². The summed E-state index contributed by atoms with van der Waals surface area (Å²) < 4.78 is 35.3. The van der Waals surface area contributed by atoms with E-state index in [1.165, 1.54) is 6.92 Å². The highest BCUT2D eigenvalue weighted by atomic mass is 16.8. The van der Waals surface area contributed by atoms with Crippen molar-refractivity contribution >= 4 is 16.7 Å². The minimum absolute atomic E-state index is 0.0839. The molecule has 1 amide bonds. The molecule has 9 N–H and O–H groups in total. The molecule has 2 aromatic carbocycles. The summed E-state index contributed by atoms with van der Waals surface area (Å²) in [6, 6.07) is 11.2. The third-order valence-electron chi connectivity index (χ3n) is 8.71. The van der Waals surface area contributed by atoms with Gasteiger partial charge in [0.15, 0.2) is 18.9 Å². The first-order valence-corrected chi connectivity index (χ1v) is 15.5. The molecule has 15 atom stereocenters. The lowest BCUT2D eigenvalue weighted by Crippen LogP contribution is -2.69. The van der Waals surface area contributed by atoms with Crippen molar-refractivity contribution in [3.63, 3.8) is 0 Å². The van der Waals surface area contributed by atoms with Gasteiger partial charge >= 0.3 is 0 Å². The molecule has 0 aliphatic carbocycles. The van der Waals surface area contributed by atoms with Crippen molar-refractivity contribution < 1.29 is 74.1 Å². The number of aliphatic hydroxyl groups is 8. The van der Waals surface area contributed by atoms with Crippen LogP contribution in [0.4, 0.5) is 0 Å². The van der Waals surface area contributed by atoms with E-state index >= 15 is 0 Å². The highest BCUT2D eigenvalue weighted by Gasteiger charge is 2.54. The van der Waals surface area contributed by atoms with Gasteiger partial charge in [0, 0.05) is 12.2 Å². The van der Waals surface area contributed by atoms with Crippen LogP contribution >= 0.6 is 0 Å². The van der Waals surface area contributed by atoms with E-state index in [0.29, 0.717) is 0 Å². The van der Waals surface area contributed by atoms with Gasteiger partial charge in [-0.25, -0.2) is 0 Å². The average molecular weight is 670 g/mol. The Morgan fingerprint density at radius 1 is 0.723 bits per heavy atom. The van der Waals surface area contributed by atoms with E-state index in [0.717, 1.165) is 10.8 Å². The second-order valence-electron chi connectivity index (χ2n) is 11.8. The van der Waals surface area contributed by atoms with Crippen LogP contribution in [0.2, 0.25) is 0 Å². The first-order chi connectivity index (χ1) is 22.5. The number of hydrogen-bond donors (Lipinski definition) is 9. The van der Waals surface area contributed by atoms with Gasteiger partial charge in [-0.05, 0) is 36.8 Å². The van der Waals surface area contributed by atoms with Crippen molar-refractivity contribution in [1.29, 1.82) is 0 Å². The van der Waals surface area contributed by atoms with Gasteiger partial charge in [0.25, 0.3) is 5.91 Å². The Bertz CT molecular complexity index is 1330. The Hall–Kier alpha value is -2.39. The smallest absolute Gasteiger partial charge is 0.251 e. The van der Waals surface area contributed by atoms with Crippen LogP contribution in [0.15, 0.2) is 42.5 Å². The summed E-state index contributed by atoms with van der Waals surface area (Å²) in [6.07, 6.45) is -21.5. The molecule has 3 fully saturated rings. The number of fused-ring (bicyclic) bond motifs is 1. The number of carbonyl (C=O) groups is 1. The van der Waals surface area contributed by atoms with E-state index in [-0.39, 0.29) is 12.2 Å². The molecular formula is C31H43NO15. The summed E-state index contributed by atoms with van der Waals surface area (Å²) >= 11 is 0. The molecule has 3 saturated heterocycles. The summed E-state index contributed by atoms with van der Waals surface area (Å²) in [5, 5.41) is 87.5. The molecule has 0 bridgehead atoms. The fourth-order valence-corrected chi connectivity index (χ4v) is 6.02. The fourth-order valence-electron chi connectivity index (χ4n) is 6.02. The van der Waals surface area contributed by atoms with E-state index in [1.807, 2.05) is 24.3 Å². The first kappa shape index (κ1) is 35.9. The van der Waals surface area contributed by atoms with Crippen molar-refractivity contribution in [3.8, 4) is 0 Å². The van der Waals surface area contributed by atoms with Crippen LogP contribution < -0.4 is 5.32 Å². The van der Waals surface area contributed by atoms with Gasteiger partial charge in [0.1, 0.15) is 67.1 Å². The molecule has 0 spiro atoms. The van der Waals surface area contributed by atoms with Gasteiger partial charge in [-0.2, -0.15) is 0 Å². The van der Waals surface area contributed by atoms with E-state index in [1.54, 1.807) is 25.1 Å². The zero-order chi connectivity index (χ0) is 34.0. The van der Waals surface area contributed by atoms with Crippen LogP contribution in [0.3, 0.4) is 0 Å². The van der Waals surface area contributed by atoms with Gasteiger partial charge in [-0.15, -0.1) is 0 Å². The molecule has 0 unspecified atom stereocenters. The minimum Gasteiger partial charge on any atom is -0.394 e. The van der Waals surface area contributed by atoms with E-state index in [2.05, 4.69) is 5.32 Å². The van der Waals surface area contributed by atoms with Gasteiger partial charge in [-0.3, -0.25) is 4.79 Å². The number of nitrogens with one attached hydrogen (secondary N) is 1. The highest BCUT2D eigenvalue weighted by molar-refractivity contribution is 5.98. The topological polar surface area (TPSA) is 246 Å². The monoisotopic (exact) mass is 669 g/mol. The van der Waals surface area contributed by atoms with Crippen molar-refractivity contribution in [2.45, 2.75) is 106 Å². The summed E-state index contributed by atoms with van der Waals surface area (Å²) in [5.41, 5.74) is 0.259. The van der Waals surface area contributed by atoms with E-state index in [4.69, 9.17) is 28.4 Å². The van der Waals surface area contributed by atoms with E-state index < -0.39 is 111 Å². The lowest BCUT2D eigenvalue weighted by atomic mass is 9.94. The largest absolute Gasteiger partial charge is 0.394 e. The SMILES string of the molecule is CCO[C@@H]1O[C@@H](CO)[C@@H](O[C@@H]2O[C@@H](CO)[C@H](O)[C@H](O)[C@@H]2O)[C@H](O[C@@H]2O[C@@H](C)[C@@H](O)[C@H](O)[C@@H]2O)[C@@H]1NC(=O)c1ccc2ccccc2c1. The maximum Gasteiger partial charge on any atom is 0.251 e. The number of carbonyl (C=O) groups excluding carboxylic acids is 1. The number of ether oxygens (including phenoxy) is 6. The molecule has 0 saturated carbocycles. The summed E-state index contributed by atoms with van der Waals surface area (Å²) in [4.78, 5) is 13.7. The summed E-state index contributed by atoms with van der Waals surface area (Å²) in [5.74, 6) is -0.592. The Kier molecular flexibility index (Phi) is 11.8. The average Bonchev–Trinajstić information content (AvgIpc) is 3.08. The molecule has 47 heavy (non-hydrogen) atoms. The van der Waals surface area contributed by atoms with Gasteiger partial charge in [0.05, 0.1) is 19.3 Å². The molecule has 3 aliphatic rings. The van der Waals surface area contributed by atoms with Crippen LogP contribution in [0, 0.1) is 0 Å². The predicted molar refractivity (Wildman–Crippen MR) is 158 cm³/mol. The minimum atomic E-state index is -1.85. The third-order valence-corrected chi connectivity index (χ3v) is 8.71. The van der Waals surface area contributed by atoms with Gasteiger partial charge < -0.3 is 74.6 Å². The van der Waals surface area contributed by atoms with Crippen molar-refractivity contribution in [3.05, 3.63) is 48.0 Å². The second kappa shape index (κ2) is 15.4. The molecular weight excluding hydrogens is 626 g/mol. The Morgan fingerprint density at radius 3 is 1.98 bits per heavy atom. The lowest BCUT2D eigenvalue weighted by molar-refractivity contribution is -0.372. The van der Waals surface area contributed by atoms with Crippen molar-refractivity contribution in [2.24, 2.45) is 0 Å². The number of benzene rings is 2. The summed E-state index contributed by atoms with van der Waals surface area (Å²) in [7, 11) is 0. The van der Waals surface area contributed by atoms with E-state index in [9.17, 15) is 45.6 Å². The molecule has 0 aromatic heterocycles. The molecule has 5 rings (SSSR count). The molecule has 16 heteroatoms. The van der Waals surface area contributed by atoms with Gasteiger partial charge in [0.2, 0.25) is 0 Å². The molecule has 16 nitrogen and oxygen atoms in total. The standard InChI is InChI=1S/C31H43NO15/c1-3-42-29-19(32-28(41)16-9-8-14-6-4-5-7-15(14)10-16)27(47-30-24(39)22(37)20(35)13(2)43-30)26(18(12-34)45-29)46-31-25(40)23(38)21(36)17(11-33)44-31/h4-10,13,17-27,29-31,33-40H,3,11-12H2,1-2H3,(H,32,41)/t13-,17-,18-,19-,20+,21-,22-,23-,24-,25-,26+,27+,29+,30-,31-/m0/s1. The predicted octanol–water partition coefficient (Wildman–Crippen LogP) is -2.91. The second-order valence-corrected chi connectivity index (χ2v) is 11.8. The first-order valence-electron chi connectivity index (χ1n) is 15.5. The maximum absolute atomic E-state index is 13.7. The Balaban J connectivity index is 1.51. The zero-order valence-corrected chi connectivity index (χ0v) is 25.8. The van der Waals surface area contributed by atoms with Crippen LogP contribution in [0.1, 0.15) is 24.2 Å². The molecule has 2 aromatic rings. The number of aliphatic hydroxyl groups excluding tert-OH is 8. The third kappa shape index (κ3) is 7.46. The normalized spacial score (nSPS) is 41.1. The van der Waals surface area contributed by atoms with Crippen LogP contribution in [-0.2, 0) is 28.4 Å². The van der Waals surface area contributed by atoms with Crippen molar-refractivity contribution in [2.75, 3.05) is 19.8 Å². The summed E-state index contributed by atoms with van der Waals surface area (Å²) in [6.45, 7) is 1.73. The quantitative estimate of drug-likeness (QED) is 0.123. The maximum atomic E-state index is 13.7. The lowest BCUT2D eigenvalue weighted by Gasteiger charge is -2.50. The molecule has 0 radical (unpaired) electrons. The highest BCUT2D eigenvalue weighted by Crippen LogP contribution is 2.34. The van der Waals surface area contributed by atoms with Crippen LogP contribution in [0.25, 0.3) is 10.8 Å². The number of rotatable bonds is 10. The number of hydrogen-bond acceptors (Lipinski definition) is 15.